The third-order valence-electron chi connectivity index (χ3n) is 4.23. The van der Waals surface area contributed by atoms with Gasteiger partial charge in [-0.1, -0.05) is 18.2 Å². The summed E-state index contributed by atoms with van der Waals surface area (Å²) >= 11 is 0. The van der Waals surface area contributed by atoms with E-state index < -0.39 is 9.84 Å². The molecule has 1 N–H and O–H groups in total. The highest BCUT2D eigenvalue weighted by Crippen LogP contribution is 2.36. The number of fused-ring (bicyclic) bond motifs is 2. The van der Waals surface area contributed by atoms with Crippen LogP contribution in [0.3, 0.4) is 0 Å². The maximum atomic E-state index is 12.3. The summed E-state index contributed by atoms with van der Waals surface area (Å²) < 4.78 is 26.3. The van der Waals surface area contributed by atoms with Gasteiger partial charge in [0, 0.05) is 11.3 Å². The second kappa shape index (κ2) is 4.76. The highest BCUT2D eigenvalue weighted by Gasteiger charge is 2.35. The van der Waals surface area contributed by atoms with E-state index in [2.05, 4.69) is 20.4 Å². The summed E-state index contributed by atoms with van der Waals surface area (Å²) in [6.07, 6.45) is 1.44. The molecule has 118 valence electrons. The minimum atomic E-state index is -3.26. The van der Waals surface area contributed by atoms with E-state index in [1.54, 1.807) is 16.6 Å². The molecule has 0 saturated heterocycles. The average Bonchev–Trinajstić information content (AvgIpc) is 3.07. The van der Waals surface area contributed by atoms with E-state index in [0.29, 0.717) is 10.7 Å². The van der Waals surface area contributed by atoms with Crippen molar-refractivity contribution >= 4 is 21.4 Å². The van der Waals surface area contributed by atoms with Crippen LogP contribution in [-0.4, -0.2) is 33.8 Å². The summed E-state index contributed by atoms with van der Waals surface area (Å²) in [5.74, 6) is 1.25. The van der Waals surface area contributed by atoms with Crippen molar-refractivity contribution in [3.63, 3.8) is 0 Å². The Kier molecular flexibility index (Phi) is 2.92. The second-order valence-corrected chi connectivity index (χ2v) is 7.66. The molecule has 1 aliphatic heterocycles. The third kappa shape index (κ3) is 2.09. The van der Waals surface area contributed by atoms with Gasteiger partial charge in [0.2, 0.25) is 0 Å². The quantitative estimate of drug-likeness (QED) is 0.769. The number of hydrogen-bond acceptors (Lipinski definition) is 6. The minimum Gasteiger partial charge on any atom is -0.362 e. The third-order valence-corrected chi connectivity index (χ3v) is 6.05. The Morgan fingerprint density at radius 2 is 2.04 bits per heavy atom. The predicted molar refractivity (Wildman–Crippen MR) is 85.1 cm³/mol. The number of anilines is 1. The smallest absolute Gasteiger partial charge is 0.254 e. The first kappa shape index (κ1) is 14.1. The maximum Gasteiger partial charge on any atom is 0.254 e. The van der Waals surface area contributed by atoms with Gasteiger partial charge >= 0.3 is 0 Å². The Balaban J connectivity index is 1.84. The molecule has 1 atom stereocenters. The SMILES string of the molecule is Cc1nc2ncnn2c(N[C@H]2CS(=O)(=O)c3ccccc32)c1C. The lowest BCUT2D eigenvalue weighted by atomic mass is 10.1. The summed E-state index contributed by atoms with van der Waals surface area (Å²) in [5, 5.41) is 7.52. The van der Waals surface area contributed by atoms with Gasteiger partial charge in [-0.15, -0.1) is 0 Å². The molecule has 3 aromatic rings. The summed E-state index contributed by atoms with van der Waals surface area (Å²) in [4.78, 5) is 8.88. The van der Waals surface area contributed by atoms with Gasteiger partial charge in [0.05, 0.1) is 16.7 Å². The molecule has 0 unspecified atom stereocenters. The molecule has 0 aliphatic carbocycles. The largest absolute Gasteiger partial charge is 0.362 e. The normalized spacial score (nSPS) is 19.0. The summed E-state index contributed by atoms with van der Waals surface area (Å²) in [6, 6.07) is 6.78. The van der Waals surface area contributed by atoms with E-state index in [9.17, 15) is 8.42 Å². The monoisotopic (exact) mass is 329 g/mol. The number of nitrogens with one attached hydrogen (secondary N) is 1. The van der Waals surface area contributed by atoms with Gasteiger partial charge in [-0.3, -0.25) is 0 Å². The molecule has 0 radical (unpaired) electrons. The van der Waals surface area contributed by atoms with Crippen LogP contribution < -0.4 is 5.32 Å². The number of nitrogens with zero attached hydrogens (tertiary/aromatic N) is 4. The van der Waals surface area contributed by atoms with Crippen LogP contribution in [0.4, 0.5) is 5.82 Å². The molecule has 0 saturated carbocycles. The van der Waals surface area contributed by atoms with Crippen LogP contribution in [0.15, 0.2) is 35.5 Å². The number of benzene rings is 1. The van der Waals surface area contributed by atoms with Crippen molar-refractivity contribution in [1.82, 2.24) is 19.6 Å². The fourth-order valence-electron chi connectivity index (χ4n) is 2.94. The van der Waals surface area contributed by atoms with Crippen molar-refractivity contribution < 1.29 is 8.42 Å². The highest BCUT2D eigenvalue weighted by molar-refractivity contribution is 7.91. The summed E-state index contributed by atoms with van der Waals surface area (Å²) in [6.45, 7) is 3.83. The number of sulfone groups is 1. The maximum absolute atomic E-state index is 12.3. The lowest BCUT2D eigenvalue weighted by Crippen LogP contribution is -2.17. The van der Waals surface area contributed by atoms with Crippen molar-refractivity contribution in [3.8, 4) is 0 Å². The van der Waals surface area contributed by atoms with Crippen LogP contribution in [0.2, 0.25) is 0 Å². The number of aromatic nitrogens is 4. The molecule has 7 nitrogen and oxygen atoms in total. The Hall–Kier alpha value is -2.48. The van der Waals surface area contributed by atoms with Crippen molar-refractivity contribution in [3.05, 3.63) is 47.4 Å². The van der Waals surface area contributed by atoms with Gasteiger partial charge in [0.25, 0.3) is 5.78 Å². The second-order valence-electron chi connectivity index (χ2n) is 5.66. The number of hydrogen-bond donors (Lipinski definition) is 1. The minimum absolute atomic E-state index is 0.0311. The molecule has 0 fully saturated rings. The average molecular weight is 329 g/mol. The molecule has 1 aliphatic rings. The van der Waals surface area contributed by atoms with Gasteiger partial charge in [0.1, 0.15) is 12.1 Å². The summed E-state index contributed by atoms with van der Waals surface area (Å²) in [5.41, 5.74) is 2.54. The topological polar surface area (TPSA) is 89.2 Å². The van der Waals surface area contributed by atoms with Crippen LogP contribution in [0.5, 0.6) is 0 Å². The van der Waals surface area contributed by atoms with Crippen molar-refractivity contribution in [2.45, 2.75) is 24.8 Å². The molecule has 0 amide bonds. The van der Waals surface area contributed by atoms with E-state index in [-0.39, 0.29) is 11.8 Å². The lowest BCUT2D eigenvalue weighted by molar-refractivity contribution is 0.598. The van der Waals surface area contributed by atoms with Crippen LogP contribution >= 0.6 is 0 Å². The van der Waals surface area contributed by atoms with Crippen LogP contribution in [-0.2, 0) is 9.84 Å². The lowest BCUT2D eigenvalue weighted by Gasteiger charge is -2.17. The predicted octanol–water partition coefficient (Wildman–Crippen LogP) is 1.68. The molecule has 0 bridgehead atoms. The molecule has 1 aromatic carbocycles. The fourth-order valence-corrected chi connectivity index (χ4v) is 4.67. The Bertz CT molecular complexity index is 1030. The van der Waals surface area contributed by atoms with Crippen LogP contribution in [0.1, 0.15) is 22.9 Å². The Morgan fingerprint density at radius 3 is 2.87 bits per heavy atom. The Morgan fingerprint density at radius 1 is 1.26 bits per heavy atom. The first-order valence-corrected chi connectivity index (χ1v) is 8.88. The first-order chi connectivity index (χ1) is 11.0. The van der Waals surface area contributed by atoms with Gasteiger partial charge in [-0.05, 0) is 25.5 Å². The van der Waals surface area contributed by atoms with Crippen molar-refractivity contribution in [2.75, 3.05) is 11.1 Å². The van der Waals surface area contributed by atoms with Crippen molar-refractivity contribution in [1.29, 1.82) is 0 Å². The van der Waals surface area contributed by atoms with Gasteiger partial charge in [-0.2, -0.15) is 14.6 Å². The van der Waals surface area contributed by atoms with E-state index >= 15 is 0 Å². The molecule has 2 aromatic heterocycles. The zero-order chi connectivity index (χ0) is 16.2. The van der Waals surface area contributed by atoms with Gasteiger partial charge in [-0.25, -0.2) is 13.4 Å². The van der Waals surface area contributed by atoms with E-state index in [4.69, 9.17) is 0 Å². The van der Waals surface area contributed by atoms with Crippen LogP contribution in [0, 0.1) is 13.8 Å². The molecule has 23 heavy (non-hydrogen) atoms. The molecular formula is C15H15N5O2S. The van der Waals surface area contributed by atoms with Crippen molar-refractivity contribution in [2.24, 2.45) is 0 Å². The molecular weight excluding hydrogens is 314 g/mol. The standard InChI is InChI=1S/C15H15N5O2S/c1-9-10(2)18-15-16-8-17-20(15)14(9)19-12-7-23(21,22)13-6-4-3-5-11(12)13/h3-6,8,12,19H,7H2,1-2H3/t12-/m0/s1. The fraction of sp³-hybridized carbons (Fsp3) is 0.267. The molecule has 3 heterocycles. The van der Waals surface area contributed by atoms with E-state index in [1.807, 2.05) is 26.0 Å². The van der Waals surface area contributed by atoms with E-state index in [0.717, 1.165) is 22.6 Å². The number of rotatable bonds is 2. The highest BCUT2D eigenvalue weighted by atomic mass is 32.2. The molecule has 8 heteroatoms. The number of aryl methyl sites for hydroxylation is 1. The summed E-state index contributed by atoms with van der Waals surface area (Å²) in [7, 11) is -3.26. The first-order valence-electron chi connectivity index (χ1n) is 7.22. The molecule has 0 spiro atoms. The van der Waals surface area contributed by atoms with E-state index in [1.165, 1.54) is 6.33 Å². The zero-order valence-electron chi connectivity index (χ0n) is 12.7. The van der Waals surface area contributed by atoms with Gasteiger partial charge in [0.15, 0.2) is 9.84 Å². The van der Waals surface area contributed by atoms with Gasteiger partial charge < -0.3 is 5.32 Å². The molecule has 4 rings (SSSR count). The Labute approximate surface area is 133 Å². The zero-order valence-corrected chi connectivity index (χ0v) is 13.5. The van der Waals surface area contributed by atoms with Crippen LogP contribution in [0.25, 0.3) is 5.78 Å².